The van der Waals surface area contributed by atoms with Crippen molar-refractivity contribution in [3.8, 4) is 0 Å². The van der Waals surface area contributed by atoms with E-state index in [0.29, 0.717) is 25.9 Å². The summed E-state index contributed by atoms with van der Waals surface area (Å²) in [4.78, 5) is 13.4. The topological polar surface area (TPSA) is 66.6 Å². The standard InChI is InChI=1S/C9H18N2O2/c1-9(2,10)8(13)11-5-3-7(12)4-6-11/h7,12H,3-6,10H2,1-2H3. The van der Waals surface area contributed by atoms with E-state index in [2.05, 4.69) is 0 Å². The zero-order chi connectivity index (χ0) is 10.1. The quantitative estimate of drug-likeness (QED) is 0.591. The van der Waals surface area contributed by atoms with Crippen molar-refractivity contribution < 1.29 is 9.90 Å². The molecule has 13 heavy (non-hydrogen) atoms. The summed E-state index contributed by atoms with van der Waals surface area (Å²) >= 11 is 0. The van der Waals surface area contributed by atoms with Crippen LogP contribution in [0.25, 0.3) is 0 Å². The molecule has 0 aliphatic carbocycles. The lowest BCUT2D eigenvalue weighted by Crippen LogP contribution is -2.53. The second-order valence-electron chi connectivity index (χ2n) is 4.25. The second-order valence-corrected chi connectivity index (χ2v) is 4.25. The molecule has 1 heterocycles. The Labute approximate surface area is 78.7 Å². The average molecular weight is 186 g/mol. The SMILES string of the molecule is CC(C)(N)C(=O)N1CCC(O)CC1. The van der Waals surface area contributed by atoms with Crippen LogP contribution in [0.1, 0.15) is 26.7 Å². The monoisotopic (exact) mass is 186 g/mol. The fourth-order valence-corrected chi connectivity index (χ4v) is 1.48. The molecule has 1 fully saturated rings. The molecule has 0 atom stereocenters. The van der Waals surface area contributed by atoms with E-state index in [-0.39, 0.29) is 12.0 Å². The third-order valence-electron chi connectivity index (χ3n) is 2.30. The van der Waals surface area contributed by atoms with Gasteiger partial charge in [0.15, 0.2) is 0 Å². The number of amides is 1. The highest BCUT2D eigenvalue weighted by molar-refractivity contribution is 5.85. The minimum atomic E-state index is -0.789. The van der Waals surface area contributed by atoms with Crippen LogP contribution < -0.4 is 5.73 Å². The van der Waals surface area contributed by atoms with Crippen LogP contribution in [0.2, 0.25) is 0 Å². The van der Waals surface area contributed by atoms with E-state index in [9.17, 15) is 9.90 Å². The molecule has 76 valence electrons. The molecular weight excluding hydrogens is 168 g/mol. The molecule has 1 aliphatic rings. The van der Waals surface area contributed by atoms with Crippen LogP contribution in [-0.4, -0.2) is 40.6 Å². The van der Waals surface area contributed by atoms with E-state index in [1.165, 1.54) is 0 Å². The summed E-state index contributed by atoms with van der Waals surface area (Å²) < 4.78 is 0. The Bertz CT molecular complexity index is 190. The lowest BCUT2D eigenvalue weighted by atomic mass is 10.0. The maximum atomic E-state index is 11.6. The molecule has 0 aromatic rings. The maximum Gasteiger partial charge on any atom is 0.242 e. The first-order chi connectivity index (χ1) is 5.91. The lowest BCUT2D eigenvalue weighted by molar-refractivity contribution is -0.137. The molecule has 1 saturated heterocycles. The van der Waals surface area contributed by atoms with Crippen LogP contribution in [0.15, 0.2) is 0 Å². The van der Waals surface area contributed by atoms with Crippen LogP contribution in [-0.2, 0) is 4.79 Å². The molecule has 4 nitrogen and oxygen atoms in total. The minimum absolute atomic E-state index is 0.0283. The van der Waals surface area contributed by atoms with E-state index >= 15 is 0 Å². The van der Waals surface area contributed by atoms with Gasteiger partial charge < -0.3 is 15.7 Å². The van der Waals surface area contributed by atoms with Crippen molar-refractivity contribution in [2.24, 2.45) is 5.73 Å². The Kier molecular flexibility index (Phi) is 2.93. The number of hydrogen-bond donors (Lipinski definition) is 2. The number of likely N-dealkylation sites (tertiary alicyclic amines) is 1. The van der Waals surface area contributed by atoms with Crippen molar-refractivity contribution in [1.82, 2.24) is 4.90 Å². The largest absolute Gasteiger partial charge is 0.393 e. The number of aliphatic hydroxyl groups excluding tert-OH is 1. The van der Waals surface area contributed by atoms with Gasteiger partial charge in [-0.1, -0.05) is 0 Å². The van der Waals surface area contributed by atoms with Gasteiger partial charge in [0.05, 0.1) is 11.6 Å². The third-order valence-corrected chi connectivity index (χ3v) is 2.30. The number of rotatable bonds is 1. The molecule has 4 heteroatoms. The van der Waals surface area contributed by atoms with Crippen molar-refractivity contribution >= 4 is 5.91 Å². The molecule has 0 spiro atoms. The van der Waals surface area contributed by atoms with E-state index in [1.807, 2.05) is 0 Å². The number of nitrogens with two attached hydrogens (primary N) is 1. The summed E-state index contributed by atoms with van der Waals surface area (Å²) in [6.07, 6.45) is 1.09. The number of carbonyl (C=O) groups is 1. The van der Waals surface area contributed by atoms with E-state index in [1.54, 1.807) is 18.7 Å². The molecular formula is C9H18N2O2. The fraction of sp³-hybridized carbons (Fsp3) is 0.889. The Morgan fingerprint density at radius 2 is 1.92 bits per heavy atom. The number of nitrogens with zero attached hydrogens (tertiary/aromatic N) is 1. The highest BCUT2D eigenvalue weighted by Gasteiger charge is 2.30. The normalized spacial score (nSPS) is 20.5. The van der Waals surface area contributed by atoms with Crippen LogP contribution in [0.5, 0.6) is 0 Å². The van der Waals surface area contributed by atoms with E-state index < -0.39 is 5.54 Å². The number of piperidine rings is 1. The molecule has 0 aromatic carbocycles. The molecule has 0 saturated carbocycles. The second kappa shape index (κ2) is 3.64. The molecule has 1 rings (SSSR count). The first-order valence-electron chi connectivity index (χ1n) is 4.67. The average Bonchev–Trinajstić information content (AvgIpc) is 2.03. The smallest absolute Gasteiger partial charge is 0.242 e. The highest BCUT2D eigenvalue weighted by atomic mass is 16.3. The summed E-state index contributed by atoms with van der Waals surface area (Å²) in [5, 5.41) is 9.24. The van der Waals surface area contributed by atoms with Crippen LogP contribution in [0.4, 0.5) is 0 Å². The Morgan fingerprint density at radius 3 is 2.31 bits per heavy atom. The number of carbonyl (C=O) groups excluding carboxylic acids is 1. The van der Waals surface area contributed by atoms with Crippen LogP contribution >= 0.6 is 0 Å². The van der Waals surface area contributed by atoms with Gasteiger partial charge in [0, 0.05) is 13.1 Å². The Hall–Kier alpha value is -0.610. The van der Waals surface area contributed by atoms with Gasteiger partial charge in [0.1, 0.15) is 0 Å². The van der Waals surface area contributed by atoms with Crippen molar-refractivity contribution in [1.29, 1.82) is 0 Å². The van der Waals surface area contributed by atoms with Gasteiger partial charge in [-0.25, -0.2) is 0 Å². The summed E-state index contributed by atoms with van der Waals surface area (Å²) in [6, 6.07) is 0. The van der Waals surface area contributed by atoms with Gasteiger partial charge >= 0.3 is 0 Å². The first kappa shape index (κ1) is 10.5. The summed E-state index contributed by atoms with van der Waals surface area (Å²) in [6.45, 7) is 4.67. The van der Waals surface area contributed by atoms with Gasteiger partial charge in [-0.3, -0.25) is 4.79 Å². The maximum absolute atomic E-state index is 11.6. The van der Waals surface area contributed by atoms with E-state index in [0.717, 1.165) is 0 Å². The number of hydrogen-bond acceptors (Lipinski definition) is 3. The molecule has 0 radical (unpaired) electrons. The van der Waals surface area contributed by atoms with Crippen molar-refractivity contribution in [2.45, 2.75) is 38.3 Å². The summed E-state index contributed by atoms with van der Waals surface area (Å²) in [5.74, 6) is -0.0283. The fourth-order valence-electron chi connectivity index (χ4n) is 1.48. The predicted octanol–water partition coefficient (Wildman–Crippen LogP) is -0.293. The Morgan fingerprint density at radius 1 is 1.46 bits per heavy atom. The lowest BCUT2D eigenvalue weighted by Gasteiger charge is -2.33. The van der Waals surface area contributed by atoms with Gasteiger partial charge in [-0.05, 0) is 26.7 Å². The molecule has 0 bridgehead atoms. The highest BCUT2D eigenvalue weighted by Crippen LogP contribution is 2.13. The summed E-state index contributed by atoms with van der Waals surface area (Å²) in [7, 11) is 0. The first-order valence-corrected chi connectivity index (χ1v) is 4.67. The minimum Gasteiger partial charge on any atom is -0.393 e. The van der Waals surface area contributed by atoms with Gasteiger partial charge in [0.25, 0.3) is 0 Å². The Balaban J connectivity index is 2.50. The van der Waals surface area contributed by atoms with Crippen molar-refractivity contribution in [3.63, 3.8) is 0 Å². The van der Waals surface area contributed by atoms with Gasteiger partial charge in [-0.15, -0.1) is 0 Å². The van der Waals surface area contributed by atoms with Crippen molar-refractivity contribution in [2.75, 3.05) is 13.1 Å². The van der Waals surface area contributed by atoms with Crippen molar-refractivity contribution in [3.05, 3.63) is 0 Å². The zero-order valence-corrected chi connectivity index (χ0v) is 8.29. The molecule has 0 unspecified atom stereocenters. The van der Waals surface area contributed by atoms with E-state index in [4.69, 9.17) is 5.73 Å². The molecule has 3 N–H and O–H groups in total. The third kappa shape index (κ3) is 2.67. The molecule has 0 aromatic heterocycles. The molecule has 1 amide bonds. The van der Waals surface area contributed by atoms with Crippen LogP contribution in [0.3, 0.4) is 0 Å². The molecule has 1 aliphatic heterocycles. The predicted molar refractivity (Wildman–Crippen MR) is 50.1 cm³/mol. The zero-order valence-electron chi connectivity index (χ0n) is 8.29. The van der Waals surface area contributed by atoms with Crippen LogP contribution in [0, 0.1) is 0 Å². The van der Waals surface area contributed by atoms with Gasteiger partial charge in [0.2, 0.25) is 5.91 Å². The summed E-state index contributed by atoms with van der Waals surface area (Å²) in [5.41, 5.74) is 4.90. The number of aliphatic hydroxyl groups is 1. The van der Waals surface area contributed by atoms with Gasteiger partial charge in [-0.2, -0.15) is 0 Å².